The number of thioether (sulfide) groups is 1. The molecule has 1 saturated carbocycles. The monoisotopic (exact) mass is 425 g/mol. The Hall–Kier alpha value is -1.29. The molecule has 1 fully saturated rings. The summed E-state index contributed by atoms with van der Waals surface area (Å²) in [6, 6.07) is 21.6. The second-order valence-electron chi connectivity index (χ2n) is 9.23. The highest BCUT2D eigenvalue weighted by Crippen LogP contribution is 2.30. The van der Waals surface area contributed by atoms with E-state index in [0.717, 1.165) is 30.5 Å². The highest BCUT2D eigenvalue weighted by atomic mass is 32.2. The minimum absolute atomic E-state index is 0.168. The standard InChI is InChI=1S/C27H39NOS/c1-22(2)18-26(27(29)21-30-25-16-10-5-11-17-25)28(19-23-12-6-3-7-13-23)20-24-14-8-4-9-15-24/h3-4,6-9,12-15,22,25-27,29H,5,10-11,16-21H2,1-2H3/t26-,27+/m0/s1. The summed E-state index contributed by atoms with van der Waals surface area (Å²) in [5, 5.41) is 12.1. The fourth-order valence-corrected chi connectivity index (χ4v) is 5.89. The maximum atomic E-state index is 11.4. The molecule has 0 amide bonds. The maximum absolute atomic E-state index is 11.4. The van der Waals surface area contributed by atoms with Crippen LogP contribution in [0.1, 0.15) is 63.5 Å². The third-order valence-electron chi connectivity index (χ3n) is 6.14. The summed E-state index contributed by atoms with van der Waals surface area (Å²) >= 11 is 2.01. The predicted molar refractivity (Wildman–Crippen MR) is 131 cm³/mol. The third kappa shape index (κ3) is 7.76. The quantitative estimate of drug-likeness (QED) is 0.443. The molecule has 0 aromatic heterocycles. The Kier molecular flexibility index (Phi) is 9.77. The van der Waals surface area contributed by atoms with E-state index < -0.39 is 0 Å². The van der Waals surface area contributed by atoms with Crippen molar-refractivity contribution in [3.05, 3.63) is 71.8 Å². The summed E-state index contributed by atoms with van der Waals surface area (Å²) in [5.74, 6) is 1.40. The summed E-state index contributed by atoms with van der Waals surface area (Å²) in [6.07, 6.45) is 7.47. The van der Waals surface area contributed by atoms with Gasteiger partial charge in [-0.25, -0.2) is 0 Å². The van der Waals surface area contributed by atoms with E-state index in [4.69, 9.17) is 0 Å². The second-order valence-corrected chi connectivity index (χ2v) is 10.6. The zero-order valence-electron chi connectivity index (χ0n) is 18.7. The van der Waals surface area contributed by atoms with Crippen LogP contribution in [-0.4, -0.2) is 33.2 Å². The second kappa shape index (κ2) is 12.5. The van der Waals surface area contributed by atoms with Gasteiger partial charge in [-0.15, -0.1) is 0 Å². The van der Waals surface area contributed by atoms with Crippen molar-refractivity contribution in [2.45, 2.75) is 82.9 Å². The first-order valence-electron chi connectivity index (χ1n) is 11.7. The SMILES string of the molecule is CC(C)C[C@@H]([C@H](O)CSC1CCCCC1)N(Cc1ccccc1)Cc1ccccc1. The molecule has 1 N–H and O–H groups in total. The average molecular weight is 426 g/mol. The Balaban J connectivity index is 1.74. The molecule has 3 rings (SSSR count). The molecule has 0 heterocycles. The van der Waals surface area contributed by atoms with Crippen LogP contribution in [-0.2, 0) is 13.1 Å². The molecule has 2 aromatic rings. The van der Waals surface area contributed by atoms with E-state index in [0.29, 0.717) is 5.92 Å². The van der Waals surface area contributed by atoms with Crippen LogP contribution >= 0.6 is 11.8 Å². The first kappa shape index (κ1) is 23.4. The van der Waals surface area contributed by atoms with Crippen molar-refractivity contribution < 1.29 is 5.11 Å². The van der Waals surface area contributed by atoms with Crippen molar-refractivity contribution >= 4 is 11.8 Å². The molecule has 2 aromatic carbocycles. The molecule has 30 heavy (non-hydrogen) atoms. The average Bonchev–Trinajstić information content (AvgIpc) is 2.77. The fourth-order valence-electron chi connectivity index (χ4n) is 4.54. The number of hydrogen-bond acceptors (Lipinski definition) is 3. The van der Waals surface area contributed by atoms with Crippen LogP contribution in [0.3, 0.4) is 0 Å². The Bertz CT molecular complexity index is 658. The van der Waals surface area contributed by atoms with Gasteiger partial charge in [0.1, 0.15) is 0 Å². The first-order chi connectivity index (χ1) is 14.6. The molecule has 0 unspecified atom stereocenters. The number of rotatable bonds is 11. The minimum atomic E-state index is -0.299. The van der Waals surface area contributed by atoms with Crippen LogP contribution in [0.5, 0.6) is 0 Å². The van der Waals surface area contributed by atoms with Gasteiger partial charge >= 0.3 is 0 Å². The normalized spacial score (nSPS) is 17.4. The van der Waals surface area contributed by atoms with E-state index in [1.54, 1.807) is 0 Å². The predicted octanol–water partition coefficient (Wildman–Crippen LogP) is 6.53. The summed E-state index contributed by atoms with van der Waals surface area (Å²) in [6.45, 7) is 6.30. The molecule has 0 spiro atoms. The van der Waals surface area contributed by atoms with Crippen LogP contribution in [0.15, 0.2) is 60.7 Å². The number of aliphatic hydroxyl groups is 1. The zero-order valence-corrected chi connectivity index (χ0v) is 19.6. The minimum Gasteiger partial charge on any atom is -0.391 e. The van der Waals surface area contributed by atoms with Crippen molar-refractivity contribution in [1.82, 2.24) is 4.90 Å². The number of benzene rings is 2. The van der Waals surface area contributed by atoms with Crippen LogP contribution < -0.4 is 0 Å². The molecule has 2 nitrogen and oxygen atoms in total. The van der Waals surface area contributed by atoms with Crippen molar-refractivity contribution in [1.29, 1.82) is 0 Å². The first-order valence-corrected chi connectivity index (χ1v) is 12.8. The summed E-state index contributed by atoms with van der Waals surface area (Å²) in [5.41, 5.74) is 2.63. The van der Waals surface area contributed by atoms with Gasteiger partial charge in [-0.05, 0) is 36.3 Å². The van der Waals surface area contributed by atoms with Gasteiger partial charge in [-0.3, -0.25) is 4.90 Å². The smallest absolute Gasteiger partial charge is 0.0786 e. The third-order valence-corrected chi connectivity index (χ3v) is 7.61. The van der Waals surface area contributed by atoms with Gasteiger partial charge in [0.05, 0.1) is 6.10 Å². The van der Waals surface area contributed by atoms with Crippen LogP contribution in [0.25, 0.3) is 0 Å². The Morgan fingerprint density at radius 3 is 1.90 bits per heavy atom. The summed E-state index contributed by atoms with van der Waals surface area (Å²) < 4.78 is 0. The summed E-state index contributed by atoms with van der Waals surface area (Å²) in [7, 11) is 0. The number of nitrogens with zero attached hydrogens (tertiary/aromatic N) is 1. The molecule has 0 saturated heterocycles. The Morgan fingerprint density at radius 1 is 0.867 bits per heavy atom. The van der Waals surface area contributed by atoms with Gasteiger partial charge < -0.3 is 5.11 Å². The number of hydrogen-bond donors (Lipinski definition) is 1. The highest BCUT2D eigenvalue weighted by molar-refractivity contribution is 7.99. The Morgan fingerprint density at radius 2 is 1.40 bits per heavy atom. The van der Waals surface area contributed by atoms with E-state index in [1.807, 2.05) is 11.8 Å². The molecule has 0 bridgehead atoms. The van der Waals surface area contributed by atoms with Gasteiger partial charge in [0.25, 0.3) is 0 Å². The Labute approximate surface area is 188 Å². The molecule has 1 aliphatic carbocycles. The van der Waals surface area contributed by atoms with E-state index in [9.17, 15) is 5.11 Å². The lowest BCUT2D eigenvalue weighted by Gasteiger charge is -2.37. The van der Waals surface area contributed by atoms with Crippen LogP contribution in [0, 0.1) is 5.92 Å². The molecule has 2 atom stereocenters. The van der Waals surface area contributed by atoms with Gasteiger partial charge in [-0.1, -0.05) is 93.8 Å². The highest BCUT2D eigenvalue weighted by Gasteiger charge is 2.28. The maximum Gasteiger partial charge on any atom is 0.0786 e. The van der Waals surface area contributed by atoms with E-state index in [2.05, 4.69) is 79.4 Å². The van der Waals surface area contributed by atoms with Crippen molar-refractivity contribution in [2.24, 2.45) is 5.92 Å². The van der Waals surface area contributed by atoms with Crippen LogP contribution in [0.4, 0.5) is 0 Å². The lowest BCUT2D eigenvalue weighted by molar-refractivity contribution is 0.0412. The zero-order chi connectivity index (χ0) is 21.2. The van der Waals surface area contributed by atoms with Crippen molar-refractivity contribution in [2.75, 3.05) is 5.75 Å². The molecule has 3 heteroatoms. The summed E-state index contributed by atoms with van der Waals surface area (Å²) in [4.78, 5) is 2.51. The van der Waals surface area contributed by atoms with Crippen molar-refractivity contribution in [3.63, 3.8) is 0 Å². The molecule has 0 radical (unpaired) electrons. The molecule has 1 aliphatic rings. The molecule has 164 valence electrons. The fraction of sp³-hybridized carbons (Fsp3) is 0.556. The van der Waals surface area contributed by atoms with Gasteiger partial charge in [0.2, 0.25) is 0 Å². The van der Waals surface area contributed by atoms with Gasteiger partial charge in [0, 0.05) is 30.1 Å². The molecular formula is C27H39NOS. The van der Waals surface area contributed by atoms with Crippen LogP contribution in [0.2, 0.25) is 0 Å². The van der Waals surface area contributed by atoms with E-state index >= 15 is 0 Å². The number of aliphatic hydroxyl groups excluding tert-OH is 1. The van der Waals surface area contributed by atoms with Gasteiger partial charge in [0.15, 0.2) is 0 Å². The topological polar surface area (TPSA) is 23.5 Å². The van der Waals surface area contributed by atoms with E-state index in [1.165, 1.54) is 43.2 Å². The van der Waals surface area contributed by atoms with Gasteiger partial charge in [-0.2, -0.15) is 11.8 Å². The molecule has 0 aliphatic heterocycles. The molecular weight excluding hydrogens is 386 g/mol. The van der Waals surface area contributed by atoms with E-state index in [-0.39, 0.29) is 12.1 Å². The van der Waals surface area contributed by atoms with Crippen molar-refractivity contribution in [3.8, 4) is 0 Å². The lowest BCUT2D eigenvalue weighted by atomic mass is 9.97. The lowest BCUT2D eigenvalue weighted by Crippen LogP contribution is -2.45. The largest absolute Gasteiger partial charge is 0.391 e.